The molecule has 0 unspecified atom stereocenters. The molecular weight excluding hydrogens is 228 g/mol. The Morgan fingerprint density at radius 3 is 2.35 bits per heavy atom. The van der Waals surface area contributed by atoms with Crippen LogP contribution in [0.4, 0.5) is 0 Å². The molecule has 0 aliphatic heterocycles. The molecule has 0 saturated heterocycles. The smallest absolute Gasteiger partial charge is 0.311 e. The minimum Gasteiger partial charge on any atom is -0.460 e. The number of esters is 1. The van der Waals surface area contributed by atoms with E-state index in [9.17, 15) is 4.79 Å². The van der Waals surface area contributed by atoms with Crippen LogP contribution in [0.2, 0.25) is 13.1 Å². The maximum atomic E-state index is 11.7. The van der Waals surface area contributed by atoms with Gasteiger partial charge in [-0.05, 0) is 26.3 Å². The van der Waals surface area contributed by atoms with Crippen LogP contribution < -0.4 is 5.19 Å². The molecule has 0 aliphatic rings. The fraction of sp³-hybridized carbons (Fsp3) is 0.500. The van der Waals surface area contributed by atoms with E-state index in [4.69, 9.17) is 4.74 Å². The van der Waals surface area contributed by atoms with Crippen molar-refractivity contribution < 1.29 is 9.53 Å². The minimum atomic E-state index is -0.516. The number of rotatable bonds is 3. The third kappa shape index (κ3) is 4.00. The van der Waals surface area contributed by atoms with Crippen LogP contribution in [0.15, 0.2) is 24.3 Å². The van der Waals surface area contributed by atoms with Gasteiger partial charge in [-0.2, -0.15) is 0 Å². The lowest BCUT2D eigenvalue weighted by Crippen LogP contribution is -2.29. The number of carbonyl (C=O) groups is 1. The summed E-state index contributed by atoms with van der Waals surface area (Å²) in [6.45, 7) is 10.5. The van der Waals surface area contributed by atoms with Gasteiger partial charge in [-0.25, -0.2) is 0 Å². The molecule has 0 fully saturated rings. The topological polar surface area (TPSA) is 26.3 Å². The molecule has 0 heterocycles. The molecule has 2 nitrogen and oxygen atoms in total. The fourth-order valence-corrected chi connectivity index (χ4v) is 2.72. The summed E-state index contributed by atoms with van der Waals surface area (Å²) in [5.41, 5.74) is 0.713. The van der Waals surface area contributed by atoms with Gasteiger partial charge in [0.15, 0.2) is 0 Å². The Balaban J connectivity index is 2.73. The quantitative estimate of drug-likeness (QED) is 0.608. The van der Waals surface area contributed by atoms with E-state index in [1.165, 1.54) is 5.19 Å². The number of carbonyl (C=O) groups excluding carboxylic acids is 1. The van der Waals surface area contributed by atoms with Gasteiger partial charge in [0.2, 0.25) is 0 Å². The summed E-state index contributed by atoms with van der Waals surface area (Å²) in [6.07, 6.45) is 0. The zero-order chi connectivity index (χ0) is 13.1. The van der Waals surface area contributed by atoms with Crippen LogP contribution in [-0.2, 0) is 16.1 Å². The Hall–Kier alpha value is -1.09. The molecule has 1 aromatic carbocycles. The first-order valence-corrected chi connectivity index (χ1v) is 8.38. The van der Waals surface area contributed by atoms with Gasteiger partial charge in [0.1, 0.15) is 6.61 Å². The molecule has 0 atom stereocenters. The van der Waals surface area contributed by atoms with Gasteiger partial charge < -0.3 is 4.74 Å². The van der Waals surface area contributed by atoms with E-state index in [1.54, 1.807) is 0 Å². The second-order valence-electron chi connectivity index (χ2n) is 5.48. The first kappa shape index (κ1) is 14.0. The minimum absolute atomic E-state index is 0.145. The predicted octanol–water partition coefficient (Wildman–Crippen LogP) is 2.74. The van der Waals surface area contributed by atoms with E-state index >= 15 is 0 Å². The van der Waals surface area contributed by atoms with Crippen molar-refractivity contribution in [1.29, 1.82) is 0 Å². The number of hydrogen-bond donors (Lipinski definition) is 0. The summed E-state index contributed by atoms with van der Waals surface area (Å²) in [5.74, 6) is -0.145. The molecule has 3 heteroatoms. The van der Waals surface area contributed by atoms with Crippen molar-refractivity contribution in [2.75, 3.05) is 0 Å². The van der Waals surface area contributed by atoms with E-state index in [1.807, 2.05) is 39.0 Å². The second kappa shape index (κ2) is 5.49. The highest BCUT2D eigenvalue weighted by molar-refractivity contribution is 6.71. The van der Waals surface area contributed by atoms with E-state index in [0.717, 1.165) is 5.56 Å². The third-order valence-corrected chi connectivity index (χ3v) is 4.09. The van der Waals surface area contributed by atoms with Crippen LogP contribution in [0, 0.1) is 5.41 Å². The van der Waals surface area contributed by atoms with Crippen molar-refractivity contribution in [2.45, 2.75) is 40.5 Å². The Morgan fingerprint density at radius 2 is 1.82 bits per heavy atom. The van der Waals surface area contributed by atoms with Crippen molar-refractivity contribution in [3.63, 3.8) is 0 Å². The highest BCUT2D eigenvalue weighted by atomic mass is 28.3. The number of ether oxygens (including phenoxy) is 1. The SMILES string of the molecule is C[Si](C)c1ccccc1COC(=O)C(C)(C)C. The summed E-state index contributed by atoms with van der Waals surface area (Å²) in [7, 11) is -0.516. The van der Waals surface area contributed by atoms with Crippen molar-refractivity contribution in [3.05, 3.63) is 29.8 Å². The van der Waals surface area contributed by atoms with Crippen LogP contribution in [0.1, 0.15) is 26.3 Å². The molecule has 0 saturated carbocycles. The Bertz CT molecular complexity index is 391. The van der Waals surface area contributed by atoms with Gasteiger partial charge in [-0.15, -0.1) is 0 Å². The lowest BCUT2D eigenvalue weighted by atomic mass is 9.97. The molecule has 0 aromatic heterocycles. The summed E-state index contributed by atoms with van der Waals surface area (Å²) in [6, 6.07) is 8.22. The highest BCUT2D eigenvalue weighted by Crippen LogP contribution is 2.16. The lowest BCUT2D eigenvalue weighted by Gasteiger charge is -2.18. The summed E-state index contributed by atoms with van der Waals surface area (Å²) < 4.78 is 5.36. The van der Waals surface area contributed by atoms with Crippen molar-refractivity contribution in [1.82, 2.24) is 0 Å². The molecule has 0 aliphatic carbocycles. The van der Waals surface area contributed by atoms with Gasteiger partial charge >= 0.3 is 5.97 Å². The van der Waals surface area contributed by atoms with Gasteiger partial charge in [0, 0.05) is 0 Å². The number of hydrogen-bond acceptors (Lipinski definition) is 2. The zero-order valence-electron chi connectivity index (χ0n) is 11.3. The van der Waals surface area contributed by atoms with Gasteiger partial charge in [0.25, 0.3) is 0 Å². The van der Waals surface area contributed by atoms with E-state index in [2.05, 4.69) is 19.2 Å². The molecule has 0 spiro atoms. The van der Waals surface area contributed by atoms with Crippen molar-refractivity contribution in [2.24, 2.45) is 5.41 Å². The zero-order valence-corrected chi connectivity index (χ0v) is 12.3. The largest absolute Gasteiger partial charge is 0.460 e. The summed E-state index contributed by atoms with van der Waals surface area (Å²) in [5, 5.41) is 1.35. The molecular formula is C14H21O2Si. The predicted molar refractivity (Wildman–Crippen MR) is 72.8 cm³/mol. The van der Waals surface area contributed by atoms with E-state index in [-0.39, 0.29) is 5.97 Å². The third-order valence-electron chi connectivity index (χ3n) is 2.53. The van der Waals surface area contributed by atoms with Crippen molar-refractivity contribution in [3.8, 4) is 0 Å². The van der Waals surface area contributed by atoms with Crippen LogP contribution in [0.25, 0.3) is 0 Å². The first-order chi connectivity index (χ1) is 7.82. The molecule has 1 aromatic rings. The maximum Gasteiger partial charge on any atom is 0.311 e. The summed E-state index contributed by atoms with van der Waals surface area (Å²) >= 11 is 0. The molecule has 1 rings (SSSR count). The van der Waals surface area contributed by atoms with Crippen LogP contribution in [0.3, 0.4) is 0 Å². The molecule has 93 valence electrons. The van der Waals surface area contributed by atoms with Crippen LogP contribution in [0.5, 0.6) is 0 Å². The van der Waals surface area contributed by atoms with E-state index < -0.39 is 14.2 Å². The molecule has 0 N–H and O–H groups in total. The van der Waals surface area contributed by atoms with Gasteiger partial charge in [-0.3, -0.25) is 4.79 Å². The normalized spacial score (nSPS) is 11.6. The highest BCUT2D eigenvalue weighted by Gasteiger charge is 2.23. The van der Waals surface area contributed by atoms with Crippen LogP contribution in [-0.4, -0.2) is 14.8 Å². The van der Waals surface area contributed by atoms with Crippen LogP contribution >= 0.6 is 0 Å². The monoisotopic (exact) mass is 249 g/mol. The Morgan fingerprint density at radius 1 is 1.24 bits per heavy atom. The molecule has 0 amide bonds. The average molecular weight is 249 g/mol. The lowest BCUT2D eigenvalue weighted by molar-refractivity contribution is -0.154. The Labute approximate surface area is 106 Å². The Kier molecular flexibility index (Phi) is 4.51. The fourth-order valence-electron chi connectivity index (χ4n) is 1.49. The molecule has 1 radical (unpaired) electrons. The average Bonchev–Trinajstić information content (AvgIpc) is 2.24. The van der Waals surface area contributed by atoms with Gasteiger partial charge in [0.05, 0.1) is 14.2 Å². The standard InChI is InChI=1S/C14H21O2Si/c1-14(2,3)13(15)16-10-11-8-6-7-9-12(11)17(4)5/h6-9H,10H2,1-5H3. The van der Waals surface area contributed by atoms with E-state index in [0.29, 0.717) is 6.61 Å². The van der Waals surface area contributed by atoms with Crippen molar-refractivity contribution >= 4 is 20.0 Å². The molecule has 0 bridgehead atoms. The second-order valence-corrected chi connectivity index (χ2v) is 8.02. The maximum absolute atomic E-state index is 11.7. The summed E-state index contributed by atoms with van der Waals surface area (Å²) in [4.78, 5) is 11.7. The molecule has 17 heavy (non-hydrogen) atoms. The van der Waals surface area contributed by atoms with Gasteiger partial charge in [-0.1, -0.05) is 42.5 Å². The first-order valence-electron chi connectivity index (χ1n) is 5.88. The number of benzene rings is 1.